The van der Waals surface area contributed by atoms with E-state index in [-0.39, 0.29) is 30.9 Å². The number of amides is 5. The van der Waals surface area contributed by atoms with Crippen LogP contribution in [-0.4, -0.2) is 72.1 Å². The minimum atomic E-state index is -1.05. The molecule has 1 heterocycles. The van der Waals surface area contributed by atoms with Gasteiger partial charge in [-0.25, -0.2) is 0 Å². The van der Waals surface area contributed by atoms with E-state index in [1.54, 1.807) is 27.9 Å². The van der Waals surface area contributed by atoms with Gasteiger partial charge in [0.25, 0.3) is 11.8 Å². The minimum absolute atomic E-state index is 0.122. The number of likely N-dealkylation sites (N-methyl/N-ethyl adjacent to an activating group) is 1. The van der Waals surface area contributed by atoms with Gasteiger partial charge in [-0.3, -0.25) is 28.9 Å². The third-order valence-corrected chi connectivity index (χ3v) is 4.18. The molecule has 0 saturated carbocycles. The van der Waals surface area contributed by atoms with Crippen LogP contribution in [0.25, 0.3) is 0 Å². The number of carbonyl (C=O) groups is 5. The van der Waals surface area contributed by atoms with Gasteiger partial charge in [0.1, 0.15) is 11.8 Å². The first-order chi connectivity index (χ1) is 13.6. The molecule has 0 aromatic heterocycles. The summed E-state index contributed by atoms with van der Waals surface area (Å²) in [6, 6.07) is 4.72. The van der Waals surface area contributed by atoms with Crippen molar-refractivity contribution in [1.82, 2.24) is 15.1 Å². The molecule has 0 aliphatic carbocycles. The average molecular weight is 404 g/mol. The molecule has 0 radical (unpaired) electrons. The molecule has 1 fully saturated rings. The van der Waals surface area contributed by atoms with Crippen molar-refractivity contribution < 1.29 is 28.7 Å². The maximum absolute atomic E-state index is 12.2. The standard InChI is InChI=1S/C19H24N4O6/c1-11(2)23-15(24)9-14(19(23)28)21-18(27)17(26)20-12-5-7-13(8-6-12)29-10-16(25)22(3)4/h5-8,11,14H,9-10H2,1-4H3,(H,20,26)(H,21,27)/t14-/m1/s1. The van der Waals surface area contributed by atoms with E-state index in [0.29, 0.717) is 11.4 Å². The third kappa shape index (κ3) is 5.53. The fourth-order valence-corrected chi connectivity index (χ4v) is 2.63. The van der Waals surface area contributed by atoms with Crippen LogP contribution in [0.2, 0.25) is 0 Å². The number of nitrogens with one attached hydrogen (secondary N) is 2. The molecule has 1 aliphatic rings. The summed E-state index contributed by atoms with van der Waals surface area (Å²) in [5.41, 5.74) is 0.328. The summed E-state index contributed by atoms with van der Waals surface area (Å²) in [7, 11) is 3.23. The molecule has 1 aromatic carbocycles. The highest BCUT2D eigenvalue weighted by Crippen LogP contribution is 2.17. The molecule has 1 aromatic rings. The molecule has 1 aliphatic heterocycles. The predicted octanol–water partition coefficient (Wildman–Crippen LogP) is -0.256. The van der Waals surface area contributed by atoms with Crippen molar-refractivity contribution in [2.75, 3.05) is 26.0 Å². The van der Waals surface area contributed by atoms with Crippen molar-refractivity contribution in [3.8, 4) is 5.75 Å². The smallest absolute Gasteiger partial charge is 0.313 e. The molecule has 2 rings (SSSR count). The molecule has 156 valence electrons. The number of rotatable bonds is 6. The van der Waals surface area contributed by atoms with E-state index < -0.39 is 23.8 Å². The van der Waals surface area contributed by atoms with Crippen molar-refractivity contribution in [3.63, 3.8) is 0 Å². The Bertz CT molecular complexity index is 818. The van der Waals surface area contributed by atoms with Crippen molar-refractivity contribution in [2.45, 2.75) is 32.4 Å². The van der Waals surface area contributed by atoms with E-state index >= 15 is 0 Å². The predicted molar refractivity (Wildman–Crippen MR) is 103 cm³/mol. The number of carbonyl (C=O) groups excluding carboxylic acids is 5. The van der Waals surface area contributed by atoms with Crippen LogP contribution < -0.4 is 15.4 Å². The number of hydrogen-bond acceptors (Lipinski definition) is 6. The second-order valence-corrected chi connectivity index (χ2v) is 6.98. The Morgan fingerprint density at radius 3 is 2.28 bits per heavy atom. The molecule has 1 atom stereocenters. The van der Waals surface area contributed by atoms with Gasteiger partial charge in [0.2, 0.25) is 5.91 Å². The highest BCUT2D eigenvalue weighted by Gasteiger charge is 2.41. The first kappa shape index (κ1) is 21.9. The van der Waals surface area contributed by atoms with Crippen molar-refractivity contribution >= 4 is 35.2 Å². The molecular formula is C19H24N4O6. The summed E-state index contributed by atoms with van der Waals surface area (Å²) in [6.45, 7) is 3.26. The molecule has 2 N–H and O–H groups in total. The zero-order valence-corrected chi connectivity index (χ0v) is 16.7. The lowest BCUT2D eigenvalue weighted by molar-refractivity contribution is -0.142. The Morgan fingerprint density at radius 1 is 1.14 bits per heavy atom. The van der Waals surface area contributed by atoms with Gasteiger partial charge in [-0.1, -0.05) is 0 Å². The lowest BCUT2D eigenvalue weighted by Gasteiger charge is -2.19. The van der Waals surface area contributed by atoms with Crippen molar-refractivity contribution in [1.29, 1.82) is 0 Å². The lowest BCUT2D eigenvalue weighted by Crippen LogP contribution is -2.47. The molecule has 1 saturated heterocycles. The third-order valence-electron chi connectivity index (χ3n) is 4.18. The van der Waals surface area contributed by atoms with Crippen LogP contribution in [-0.2, 0) is 24.0 Å². The fourth-order valence-electron chi connectivity index (χ4n) is 2.63. The topological polar surface area (TPSA) is 125 Å². The normalized spacial score (nSPS) is 16.0. The largest absolute Gasteiger partial charge is 0.484 e. The zero-order chi connectivity index (χ0) is 21.7. The highest BCUT2D eigenvalue weighted by atomic mass is 16.5. The van der Waals surface area contributed by atoms with E-state index in [1.807, 2.05) is 0 Å². The van der Waals surface area contributed by atoms with Crippen molar-refractivity contribution in [3.05, 3.63) is 24.3 Å². The number of ether oxygens (including phenoxy) is 1. The Labute approximate surface area is 168 Å². The summed E-state index contributed by atoms with van der Waals surface area (Å²) >= 11 is 0. The molecule has 29 heavy (non-hydrogen) atoms. The van der Waals surface area contributed by atoms with Crippen LogP contribution in [0.4, 0.5) is 5.69 Å². The maximum atomic E-state index is 12.2. The summed E-state index contributed by atoms with van der Waals surface area (Å²) in [6.07, 6.45) is -0.173. The average Bonchev–Trinajstić information content (AvgIpc) is 2.93. The molecule has 5 amide bonds. The number of benzene rings is 1. The fraction of sp³-hybridized carbons (Fsp3) is 0.421. The Balaban J connectivity index is 1.88. The molecule has 0 bridgehead atoms. The van der Waals surface area contributed by atoms with Crippen molar-refractivity contribution in [2.24, 2.45) is 0 Å². The van der Waals surface area contributed by atoms with E-state index in [9.17, 15) is 24.0 Å². The van der Waals surface area contributed by atoms with Crippen LogP contribution in [0.5, 0.6) is 5.75 Å². The first-order valence-corrected chi connectivity index (χ1v) is 9.01. The van der Waals surface area contributed by atoms with Gasteiger partial charge in [-0.2, -0.15) is 0 Å². The van der Waals surface area contributed by atoms with E-state index in [1.165, 1.54) is 29.2 Å². The number of likely N-dealkylation sites (tertiary alicyclic amines) is 1. The summed E-state index contributed by atoms with van der Waals surface area (Å²) < 4.78 is 5.32. The van der Waals surface area contributed by atoms with Crippen LogP contribution in [0.3, 0.4) is 0 Å². The Morgan fingerprint density at radius 2 is 1.76 bits per heavy atom. The first-order valence-electron chi connectivity index (χ1n) is 9.01. The van der Waals surface area contributed by atoms with E-state index in [2.05, 4.69) is 10.6 Å². The van der Waals surface area contributed by atoms with Gasteiger partial charge in [0, 0.05) is 25.8 Å². The molecule has 10 heteroatoms. The second kappa shape index (κ2) is 9.18. The minimum Gasteiger partial charge on any atom is -0.484 e. The number of anilines is 1. The SMILES string of the molecule is CC(C)N1C(=O)C[C@@H](NC(=O)C(=O)Nc2ccc(OCC(=O)N(C)C)cc2)C1=O. The van der Waals surface area contributed by atoms with Gasteiger partial charge in [0.15, 0.2) is 6.61 Å². The van der Waals surface area contributed by atoms with E-state index in [0.717, 1.165) is 4.90 Å². The second-order valence-electron chi connectivity index (χ2n) is 6.98. The summed E-state index contributed by atoms with van der Waals surface area (Å²) in [5.74, 6) is -2.68. The molecular weight excluding hydrogens is 380 g/mol. The van der Waals surface area contributed by atoms with Gasteiger partial charge < -0.3 is 20.3 Å². The van der Waals surface area contributed by atoms with Crippen LogP contribution in [0.15, 0.2) is 24.3 Å². The number of imide groups is 1. The van der Waals surface area contributed by atoms with Gasteiger partial charge in [-0.05, 0) is 38.1 Å². The van der Waals surface area contributed by atoms with Gasteiger partial charge in [0.05, 0.1) is 6.42 Å². The van der Waals surface area contributed by atoms with Gasteiger partial charge >= 0.3 is 11.8 Å². The lowest BCUT2D eigenvalue weighted by atomic mass is 10.2. The maximum Gasteiger partial charge on any atom is 0.313 e. The summed E-state index contributed by atoms with van der Waals surface area (Å²) in [4.78, 5) is 62.1. The van der Waals surface area contributed by atoms with Gasteiger partial charge in [-0.15, -0.1) is 0 Å². The summed E-state index contributed by atoms with van der Waals surface area (Å²) in [5, 5.41) is 4.68. The molecule has 0 spiro atoms. The van der Waals surface area contributed by atoms with E-state index in [4.69, 9.17) is 4.74 Å². The molecule has 0 unspecified atom stereocenters. The quantitative estimate of drug-likeness (QED) is 0.497. The number of hydrogen-bond donors (Lipinski definition) is 2. The monoisotopic (exact) mass is 404 g/mol. The Hall–Kier alpha value is -3.43. The zero-order valence-electron chi connectivity index (χ0n) is 16.7. The van der Waals surface area contributed by atoms with Crippen LogP contribution >= 0.6 is 0 Å². The van der Waals surface area contributed by atoms with Crippen LogP contribution in [0, 0.1) is 0 Å². The highest BCUT2D eigenvalue weighted by molar-refractivity contribution is 6.40. The number of nitrogens with zero attached hydrogens (tertiary/aromatic N) is 2. The Kier molecular flexibility index (Phi) is 6.92. The molecule has 10 nitrogen and oxygen atoms in total. The van der Waals surface area contributed by atoms with Crippen LogP contribution in [0.1, 0.15) is 20.3 Å².